The third-order valence-electron chi connectivity index (χ3n) is 7.68. The molecule has 1 amide bonds. The smallest absolute Gasteiger partial charge is 0.251 e. The zero-order valence-corrected chi connectivity index (χ0v) is 21.3. The highest BCUT2D eigenvalue weighted by molar-refractivity contribution is 5.94. The lowest BCUT2D eigenvalue weighted by Crippen LogP contribution is -2.35. The van der Waals surface area contributed by atoms with Crippen molar-refractivity contribution in [2.24, 2.45) is 0 Å². The van der Waals surface area contributed by atoms with Crippen LogP contribution in [-0.2, 0) is 6.42 Å². The van der Waals surface area contributed by atoms with Crippen LogP contribution in [0.25, 0.3) is 5.69 Å². The van der Waals surface area contributed by atoms with Gasteiger partial charge in [0.2, 0.25) is 12.5 Å². The van der Waals surface area contributed by atoms with Crippen molar-refractivity contribution in [3.8, 4) is 22.9 Å². The molecule has 1 N–H and O–H groups in total. The Morgan fingerprint density at radius 3 is 2.78 bits per heavy atom. The maximum Gasteiger partial charge on any atom is 0.251 e. The van der Waals surface area contributed by atoms with Crippen LogP contribution in [0.2, 0.25) is 0 Å². The number of hydrogen-bond donors (Lipinski definition) is 1. The number of carbonyl (C=O) groups is 1. The summed E-state index contributed by atoms with van der Waals surface area (Å²) in [4.78, 5) is 15.3. The Morgan fingerprint density at radius 1 is 1.14 bits per heavy atom. The van der Waals surface area contributed by atoms with Gasteiger partial charge < -0.3 is 19.5 Å². The molecule has 3 aliphatic rings. The van der Waals surface area contributed by atoms with Crippen molar-refractivity contribution in [3.05, 3.63) is 52.8 Å². The average molecular weight is 505 g/mol. The molecule has 3 aromatic rings. The summed E-state index contributed by atoms with van der Waals surface area (Å²) in [5, 5.41) is 16.0. The first-order chi connectivity index (χ1) is 18.1. The first-order valence-corrected chi connectivity index (χ1v) is 13.0. The SMILES string of the molecule is COc1c2c(cc3c1C(c1nnnn1-c1cccc(C(=O)NC4CCCCCC4)c1)N(C)CC3)OCO2. The van der Waals surface area contributed by atoms with Gasteiger partial charge in [-0.2, -0.15) is 4.68 Å². The zero-order valence-electron chi connectivity index (χ0n) is 21.3. The van der Waals surface area contributed by atoms with Crippen molar-refractivity contribution < 1.29 is 19.0 Å². The molecule has 2 aliphatic heterocycles. The lowest BCUT2D eigenvalue weighted by Gasteiger charge is -2.34. The second kappa shape index (κ2) is 10.0. The minimum Gasteiger partial charge on any atom is -0.492 e. The van der Waals surface area contributed by atoms with Gasteiger partial charge in [0.1, 0.15) is 6.04 Å². The van der Waals surface area contributed by atoms with Crippen LogP contribution >= 0.6 is 0 Å². The number of rotatable bonds is 5. The lowest BCUT2D eigenvalue weighted by atomic mass is 9.90. The van der Waals surface area contributed by atoms with Gasteiger partial charge in [-0.05, 0) is 66.6 Å². The Labute approximate surface area is 215 Å². The number of fused-ring (bicyclic) bond motifs is 2. The molecule has 0 radical (unpaired) electrons. The summed E-state index contributed by atoms with van der Waals surface area (Å²) in [6, 6.07) is 9.48. The van der Waals surface area contributed by atoms with Crippen LogP contribution in [0.5, 0.6) is 17.2 Å². The molecule has 1 aromatic heterocycles. The molecule has 1 saturated carbocycles. The molecule has 1 aliphatic carbocycles. The van der Waals surface area contributed by atoms with Gasteiger partial charge >= 0.3 is 0 Å². The third kappa shape index (κ3) is 4.39. The number of tetrazole rings is 1. The predicted molar refractivity (Wildman–Crippen MR) is 135 cm³/mol. The number of aromatic nitrogens is 4. The number of amides is 1. The van der Waals surface area contributed by atoms with Crippen molar-refractivity contribution in [2.75, 3.05) is 27.5 Å². The Kier molecular flexibility index (Phi) is 6.42. The monoisotopic (exact) mass is 504 g/mol. The van der Waals surface area contributed by atoms with E-state index in [0.29, 0.717) is 28.6 Å². The number of likely N-dealkylation sites (N-methyl/N-ethyl adjacent to an activating group) is 1. The normalized spacial score (nSPS) is 19.8. The summed E-state index contributed by atoms with van der Waals surface area (Å²) in [7, 11) is 3.69. The summed E-state index contributed by atoms with van der Waals surface area (Å²) in [5.41, 5.74) is 3.42. The minimum absolute atomic E-state index is 0.0575. The van der Waals surface area contributed by atoms with Crippen LogP contribution < -0.4 is 19.5 Å². The quantitative estimate of drug-likeness (QED) is 0.527. The predicted octanol–water partition coefficient (Wildman–Crippen LogP) is 3.43. The van der Waals surface area contributed by atoms with E-state index >= 15 is 0 Å². The van der Waals surface area contributed by atoms with Gasteiger partial charge in [0, 0.05) is 23.7 Å². The Balaban J connectivity index is 1.35. The van der Waals surface area contributed by atoms with Crippen LogP contribution in [0.15, 0.2) is 30.3 Å². The van der Waals surface area contributed by atoms with Crippen molar-refractivity contribution in [2.45, 2.75) is 57.0 Å². The number of methoxy groups -OCH3 is 1. The molecule has 2 aromatic carbocycles. The summed E-state index contributed by atoms with van der Waals surface area (Å²) in [6.07, 6.45) is 7.74. The second-order valence-corrected chi connectivity index (χ2v) is 10.0. The Hall–Kier alpha value is -3.66. The van der Waals surface area contributed by atoms with Crippen molar-refractivity contribution >= 4 is 5.91 Å². The largest absolute Gasteiger partial charge is 0.492 e. The number of carbonyl (C=O) groups excluding carboxylic acids is 1. The molecule has 0 saturated heterocycles. The Bertz CT molecular complexity index is 1300. The molecular formula is C27H32N6O4. The first-order valence-electron chi connectivity index (χ1n) is 13.0. The summed E-state index contributed by atoms with van der Waals surface area (Å²) >= 11 is 0. The maximum atomic E-state index is 13.1. The number of hydrogen-bond acceptors (Lipinski definition) is 8. The topological polar surface area (TPSA) is 104 Å². The third-order valence-corrected chi connectivity index (χ3v) is 7.68. The summed E-state index contributed by atoms with van der Waals surface area (Å²) < 4.78 is 19.0. The molecule has 0 bridgehead atoms. The van der Waals surface area contributed by atoms with Crippen LogP contribution in [0.4, 0.5) is 0 Å². The number of nitrogens with one attached hydrogen (secondary N) is 1. The molecule has 194 valence electrons. The second-order valence-electron chi connectivity index (χ2n) is 10.0. The van der Waals surface area contributed by atoms with Crippen LogP contribution in [-0.4, -0.2) is 64.6 Å². The summed E-state index contributed by atoms with van der Waals surface area (Å²) in [6.45, 7) is 0.986. The lowest BCUT2D eigenvalue weighted by molar-refractivity contribution is 0.0933. The molecule has 3 heterocycles. The van der Waals surface area contributed by atoms with Crippen LogP contribution in [0.3, 0.4) is 0 Å². The molecular weight excluding hydrogens is 472 g/mol. The van der Waals surface area contributed by atoms with Gasteiger partial charge in [0.25, 0.3) is 5.91 Å². The summed E-state index contributed by atoms with van der Waals surface area (Å²) in [5.74, 6) is 2.54. The number of nitrogens with zero attached hydrogens (tertiary/aromatic N) is 5. The molecule has 10 heteroatoms. The van der Waals surface area contributed by atoms with E-state index in [1.54, 1.807) is 11.8 Å². The highest BCUT2D eigenvalue weighted by Crippen LogP contribution is 2.50. The van der Waals surface area contributed by atoms with E-state index in [9.17, 15) is 4.79 Å². The fourth-order valence-electron chi connectivity index (χ4n) is 5.78. The minimum atomic E-state index is -0.272. The highest BCUT2D eigenvalue weighted by Gasteiger charge is 2.37. The standard InChI is InChI=1S/C27H32N6O4/c1-32-13-12-17-15-21-24(37-16-36-21)25(35-2)22(17)23(32)26-29-30-31-33(26)20-11-7-8-18(14-20)27(34)28-19-9-5-3-4-6-10-19/h7-8,11,14-15,19,23H,3-6,9-10,12-13,16H2,1-2H3,(H,28,34). The average Bonchev–Trinajstić information content (AvgIpc) is 3.52. The van der Waals surface area contributed by atoms with E-state index in [0.717, 1.165) is 42.6 Å². The van der Waals surface area contributed by atoms with E-state index in [-0.39, 0.29) is 24.8 Å². The van der Waals surface area contributed by atoms with Crippen LogP contribution in [0, 0.1) is 0 Å². The van der Waals surface area contributed by atoms with Gasteiger partial charge in [-0.25, -0.2) is 0 Å². The van der Waals surface area contributed by atoms with E-state index in [1.165, 1.54) is 25.7 Å². The fraction of sp³-hybridized carbons (Fsp3) is 0.481. The van der Waals surface area contributed by atoms with Crippen LogP contribution in [0.1, 0.15) is 71.9 Å². The molecule has 0 spiro atoms. The van der Waals surface area contributed by atoms with Crippen molar-refractivity contribution in [3.63, 3.8) is 0 Å². The molecule has 1 fully saturated rings. The molecule has 10 nitrogen and oxygen atoms in total. The molecule has 1 unspecified atom stereocenters. The van der Waals surface area contributed by atoms with Gasteiger partial charge in [-0.3, -0.25) is 9.69 Å². The van der Waals surface area contributed by atoms with E-state index in [4.69, 9.17) is 14.2 Å². The van der Waals surface area contributed by atoms with E-state index < -0.39 is 0 Å². The molecule has 37 heavy (non-hydrogen) atoms. The van der Waals surface area contributed by atoms with E-state index in [1.807, 2.05) is 37.4 Å². The first kappa shape index (κ1) is 23.7. The highest BCUT2D eigenvalue weighted by atomic mass is 16.7. The van der Waals surface area contributed by atoms with Crippen molar-refractivity contribution in [1.29, 1.82) is 0 Å². The maximum absolute atomic E-state index is 13.1. The van der Waals surface area contributed by atoms with Crippen molar-refractivity contribution in [1.82, 2.24) is 30.4 Å². The van der Waals surface area contributed by atoms with Gasteiger partial charge in [0.15, 0.2) is 17.3 Å². The van der Waals surface area contributed by atoms with Gasteiger partial charge in [0.05, 0.1) is 12.8 Å². The Morgan fingerprint density at radius 2 is 1.97 bits per heavy atom. The number of benzene rings is 2. The fourth-order valence-corrected chi connectivity index (χ4v) is 5.78. The van der Waals surface area contributed by atoms with Gasteiger partial charge in [-0.15, -0.1) is 5.10 Å². The van der Waals surface area contributed by atoms with E-state index in [2.05, 4.69) is 25.7 Å². The molecule has 6 rings (SSSR count). The molecule has 1 atom stereocenters. The van der Waals surface area contributed by atoms with Gasteiger partial charge in [-0.1, -0.05) is 31.7 Å². The number of ether oxygens (including phenoxy) is 3. The zero-order chi connectivity index (χ0) is 25.4.